The molecule has 2 N–H and O–H groups in total. The van der Waals surface area contributed by atoms with Gasteiger partial charge >= 0.3 is 0 Å². The molecule has 0 bridgehead atoms. The van der Waals surface area contributed by atoms with Gasteiger partial charge in [-0.15, -0.1) is 0 Å². The number of thioether (sulfide) groups is 1. The number of thiocarbonyl (C=S) groups is 1. The molecule has 0 atom stereocenters. The van der Waals surface area contributed by atoms with Crippen LogP contribution in [0.15, 0.2) is 29.2 Å². The molecule has 1 aromatic rings. The van der Waals surface area contributed by atoms with Crippen molar-refractivity contribution in [1.29, 1.82) is 0 Å². The molecular formula is C13H17ClN2O2S3. The van der Waals surface area contributed by atoms with Gasteiger partial charge in [0.15, 0.2) is 0 Å². The van der Waals surface area contributed by atoms with Gasteiger partial charge in [0.25, 0.3) is 0 Å². The second-order valence-corrected chi connectivity index (χ2v) is 8.93. The number of nitrogens with zero attached hydrogens (tertiary/aromatic N) is 1. The smallest absolute Gasteiger partial charge is 0.243 e. The molecule has 8 heteroatoms. The highest BCUT2D eigenvalue weighted by atomic mass is 35.5. The monoisotopic (exact) mass is 364 g/mol. The average Bonchev–Trinajstić information content (AvgIpc) is 2.47. The molecule has 0 aromatic heterocycles. The highest BCUT2D eigenvalue weighted by Gasteiger charge is 2.40. The summed E-state index contributed by atoms with van der Waals surface area (Å²) in [6.07, 6.45) is 3.22. The molecule has 0 saturated carbocycles. The van der Waals surface area contributed by atoms with Crippen LogP contribution in [0.2, 0.25) is 5.02 Å². The third-order valence-electron chi connectivity index (χ3n) is 3.80. The zero-order valence-electron chi connectivity index (χ0n) is 11.6. The fourth-order valence-corrected chi connectivity index (χ4v) is 5.40. The van der Waals surface area contributed by atoms with Crippen LogP contribution in [0.25, 0.3) is 0 Å². The molecule has 1 aliphatic heterocycles. The predicted molar refractivity (Wildman–Crippen MR) is 92.5 cm³/mol. The third-order valence-corrected chi connectivity index (χ3v) is 7.86. The Morgan fingerprint density at radius 3 is 2.52 bits per heavy atom. The fourth-order valence-electron chi connectivity index (χ4n) is 2.42. The van der Waals surface area contributed by atoms with Crippen molar-refractivity contribution in [3.63, 3.8) is 0 Å². The Morgan fingerprint density at radius 2 is 2.05 bits per heavy atom. The fraction of sp³-hybridized carbons (Fsp3) is 0.462. The Bertz CT molecular complexity index is 641. The minimum atomic E-state index is -3.51. The number of benzene rings is 1. The van der Waals surface area contributed by atoms with Crippen molar-refractivity contribution in [2.45, 2.75) is 22.5 Å². The Morgan fingerprint density at radius 1 is 1.43 bits per heavy atom. The molecule has 4 nitrogen and oxygen atoms in total. The SMILES string of the molecule is CSC1(C(N)=S)CCN(S(=O)(=O)c2cccc(Cl)c2)CC1. The van der Waals surface area contributed by atoms with E-state index in [1.165, 1.54) is 10.4 Å². The van der Waals surface area contributed by atoms with Crippen LogP contribution in [-0.2, 0) is 10.0 Å². The van der Waals surface area contributed by atoms with E-state index in [0.29, 0.717) is 35.9 Å². The van der Waals surface area contributed by atoms with E-state index in [9.17, 15) is 8.42 Å². The lowest BCUT2D eigenvalue weighted by atomic mass is 9.97. The quantitative estimate of drug-likeness (QED) is 0.831. The molecule has 0 aliphatic carbocycles. The molecule has 116 valence electrons. The summed E-state index contributed by atoms with van der Waals surface area (Å²) in [4.78, 5) is 0.678. The Balaban J connectivity index is 2.20. The normalized spacial score (nSPS) is 19.3. The number of sulfonamides is 1. The highest BCUT2D eigenvalue weighted by Crippen LogP contribution is 2.36. The van der Waals surface area contributed by atoms with E-state index in [4.69, 9.17) is 29.6 Å². The molecule has 1 saturated heterocycles. The van der Waals surface area contributed by atoms with Crippen LogP contribution in [-0.4, -0.2) is 41.8 Å². The molecule has 0 unspecified atom stereocenters. The van der Waals surface area contributed by atoms with Crippen LogP contribution >= 0.6 is 35.6 Å². The molecule has 1 aromatic carbocycles. The maximum absolute atomic E-state index is 12.6. The maximum atomic E-state index is 12.6. The van der Waals surface area contributed by atoms with Crippen molar-refractivity contribution in [1.82, 2.24) is 4.31 Å². The number of hydrogen-bond donors (Lipinski definition) is 1. The van der Waals surface area contributed by atoms with E-state index in [1.54, 1.807) is 30.0 Å². The molecular weight excluding hydrogens is 348 g/mol. The van der Waals surface area contributed by atoms with E-state index in [-0.39, 0.29) is 9.64 Å². The van der Waals surface area contributed by atoms with Crippen LogP contribution in [0.5, 0.6) is 0 Å². The first-order valence-electron chi connectivity index (χ1n) is 6.43. The average molecular weight is 365 g/mol. The van der Waals surface area contributed by atoms with Gasteiger partial charge in [-0.1, -0.05) is 29.9 Å². The highest BCUT2D eigenvalue weighted by molar-refractivity contribution is 8.02. The van der Waals surface area contributed by atoms with Gasteiger partial charge in [0.2, 0.25) is 10.0 Å². The van der Waals surface area contributed by atoms with Crippen molar-refractivity contribution in [2.75, 3.05) is 19.3 Å². The second-order valence-electron chi connectivity index (χ2n) is 4.92. The number of rotatable bonds is 4. The lowest BCUT2D eigenvalue weighted by Crippen LogP contribution is -2.50. The van der Waals surface area contributed by atoms with Gasteiger partial charge in [0.05, 0.1) is 14.6 Å². The van der Waals surface area contributed by atoms with Crippen molar-refractivity contribution < 1.29 is 8.42 Å². The van der Waals surface area contributed by atoms with Crippen molar-refractivity contribution >= 4 is 50.6 Å². The minimum absolute atomic E-state index is 0.224. The third kappa shape index (κ3) is 3.37. The molecule has 0 spiro atoms. The summed E-state index contributed by atoms with van der Waals surface area (Å²) in [5.41, 5.74) is 5.82. The maximum Gasteiger partial charge on any atom is 0.243 e. The van der Waals surface area contributed by atoms with Gasteiger partial charge < -0.3 is 5.73 Å². The van der Waals surface area contributed by atoms with Crippen LogP contribution < -0.4 is 5.73 Å². The topological polar surface area (TPSA) is 63.4 Å². The van der Waals surface area contributed by atoms with Crippen LogP contribution in [0.4, 0.5) is 0 Å². The summed E-state index contributed by atoms with van der Waals surface area (Å²) in [5.74, 6) is 0. The molecule has 2 rings (SSSR count). The van der Waals surface area contributed by atoms with E-state index in [2.05, 4.69) is 0 Å². The number of hydrogen-bond acceptors (Lipinski definition) is 4. The first-order chi connectivity index (χ1) is 9.82. The Labute approximate surface area is 140 Å². The van der Waals surface area contributed by atoms with Gasteiger partial charge in [0.1, 0.15) is 0 Å². The van der Waals surface area contributed by atoms with Gasteiger partial charge in [-0.05, 0) is 37.3 Å². The summed E-state index contributed by atoms with van der Waals surface area (Å²) >= 11 is 12.6. The van der Waals surface area contributed by atoms with Crippen LogP contribution in [0.3, 0.4) is 0 Å². The summed E-state index contributed by atoms with van der Waals surface area (Å²) in [5, 5.41) is 0.412. The first-order valence-corrected chi connectivity index (χ1v) is 9.88. The molecule has 0 radical (unpaired) electrons. The lowest BCUT2D eigenvalue weighted by Gasteiger charge is -2.39. The number of halogens is 1. The van der Waals surface area contributed by atoms with E-state index >= 15 is 0 Å². The van der Waals surface area contributed by atoms with Crippen molar-refractivity contribution in [2.24, 2.45) is 5.73 Å². The largest absolute Gasteiger partial charge is 0.392 e. The standard InChI is InChI=1S/C13H17ClN2O2S3/c1-20-13(12(15)19)5-7-16(8-6-13)21(17,18)11-4-2-3-10(14)9-11/h2-4,9H,5-8H2,1H3,(H2,15,19). The van der Waals surface area contributed by atoms with Crippen LogP contribution in [0, 0.1) is 0 Å². The zero-order chi connectivity index (χ0) is 15.7. The van der Waals surface area contributed by atoms with Gasteiger partial charge in [0, 0.05) is 18.1 Å². The first kappa shape index (κ1) is 17.0. The van der Waals surface area contributed by atoms with E-state index in [0.717, 1.165) is 0 Å². The lowest BCUT2D eigenvalue weighted by molar-refractivity contribution is 0.333. The molecule has 1 fully saturated rings. The Hall–Kier alpha value is -0.340. The van der Waals surface area contributed by atoms with Gasteiger partial charge in [-0.3, -0.25) is 0 Å². The van der Waals surface area contributed by atoms with E-state index < -0.39 is 10.0 Å². The summed E-state index contributed by atoms with van der Waals surface area (Å²) in [6, 6.07) is 6.33. The molecule has 1 heterocycles. The number of piperidine rings is 1. The number of nitrogens with two attached hydrogens (primary N) is 1. The van der Waals surface area contributed by atoms with Gasteiger partial charge in [-0.2, -0.15) is 16.1 Å². The molecule has 0 amide bonds. The second kappa shape index (κ2) is 6.42. The summed E-state index contributed by atoms with van der Waals surface area (Å²) in [6.45, 7) is 0.819. The van der Waals surface area contributed by atoms with Crippen molar-refractivity contribution in [3.05, 3.63) is 29.3 Å². The predicted octanol–water partition coefficient (Wildman–Crippen LogP) is 2.51. The Kier molecular flexibility index (Phi) is 5.20. The minimum Gasteiger partial charge on any atom is -0.392 e. The van der Waals surface area contributed by atoms with Crippen LogP contribution in [0.1, 0.15) is 12.8 Å². The van der Waals surface area contributed by atoms with Gasteiger partial charge in [-0.25, -0.2) is 8.42 Å². The van der Waals surface area contributed by atoms with E-state index in [1.807, 2.05) is 6.26 Å². The molecule has 21 heavy (non-hydrogen) atoms. The zero-order valence-corrected chi connectivity index (χ0v) is 14.8. The van der Waals surface area contributed by atoms with Crippen molar-refractivity contribution in [3.8, 4) is 0 Å². The summed E-state index contributed by atoms with van der Waals surface area (Å²) in [7, 11) is -3.51. The summed E-state index contributed by atoms with van der Waals surface area (Å²) < 4.78 is 26.4. The molecule has 1 aliphatic rings.